The van der Waals surface area contributed by atoms with Gasteiger partial charge in [0.2, 0.25) is 5.91 Å². The number of hydrogen-bond acceptors (Lipinski definition) is 6. The summed E-state index contributed by atoms with van der Waals surface area (Å²) in [6.07, 6.45) is 2.34. The molecule has 2 heterocycles. The molecular formula is C20H29N3O3SSi. The zero-order valence-corrected chi connectivity index (χ0v) is 18.8. The lowest BCUT2D eigenvalue weighted by Crippen LogP contribution is -2.44. The van der Waals surface area contributed by atoms with E-state index in [1.165, 1.54) is 11.3 Å². The van der Waals surface area contributed by atoms with E-state index in [2.05, 4.69) is 34.8 Å². The van der Waals surface area contributed by atoms with Crippen LogP contribution in [0.15, 0.2) is 29.6 Å². The minimum Gasteiger partial charge on any atom is -0.497 e. The number of amides is 1. The average Bonchev–Trinajstić information content (AvgIpc) is 3.10. The minimum absolute atomic E-state index is 0.0137. The van der Waals surface area contributed by atoms with Gasteiger partial charge in [-0.15, -0.1) is 11.3 Å². The van der Waals surface area contributed by atoms with E-state index in [1.807, 2.05) is 29.6 Å². The maximum atomic E-state index is 12.4. The first-order chi connectivity index (χ1) is 13.3. The Morgan fingerprint density at radius 2 is 1.93 bits per heavy atom. The maximum Gasteiger partial charge on any atom is 0.240 e. The molecule has 0 aliphatic carbocycles. The number of nitrogens with one attached hydrogen (secondary N) is 1. The monoisotopic (exact) mass is 419 g/mol. The standard InChI is InChI=1S/C20H29N3O3SSi/c1-25-16-7-5-15(6-8-16)18-14-27-20(21-18)22-19(24)13-23-11-9-17(10-12-23)26-28(2,3)4/h5-8,14,17H,9-13H2,1-4H3,(H,21,22,24). The topological polar surface area (TPSA) is 63.7 Å². The number of benzene rings is 1. The maximum absolute atomic E-state index is 12.4. The highest BCUT2D eigenvalue weighted by Gasteiger charge is 2.26. The molecule has 1 aliphatic rings. The Labute approximate surface area is 172 Å². The number of carbonyl (C=O) groups excluding carboxylic acids is 1. The van der Waals surface area contributed by atoms with E-state index in [9.17, 15) is 4.79 Å². The van der Waals surface area contributed by atoms with Gasteiger partial charge in [-0.3, -0.25) is 9.69 Å². The molecule has 1 aliphatic heterocycles. The molecule has 1 aromatic heterocycles. The lowest BCUT2D eigenvalue weighted by Gasteiger charge is -2.34. The predicted octanol–water partition coefficient (Wildman–Crippen LogP) is 4.07. The summed E-state index contributed by atoms with van der Waals surface area (Å²) in [6.45, 7) is 8.87. The highest BCUT2D eigenvalue weighted by atomic mass is 32.1. The minimum atomic E-state index is -1.49. The number of nitrogens with zero attached hydrogens (tertiary/aromatic N) is 2. The van der Waals surface area contributed by atoms with Crippen LogP contribution in [0.1, 0.15) is 12.8 Å². The van der Waals surface area contributed by atoms with Crippen molar-refractivity contribution in [2.24, 2.45) is 0 Å². The molecule has 28 heavy (non-hydrogen) atoms. The SMILES string of the molecule is COc1ccc(-c2csc(NC(=O)CN3CCC(O[Si](C)(C)C)CC3)n2)cc1. The van der Waals surface area contributed by atoms with Gasteiger partial charge in [-0.05, 0) is 56.7 Å². The fourth-order valence-corrected chi connectivity index (χ4v) is 5.24. The summed E-state index contributed by atoms with van der Waals surface area (Å²) in [7, 11) is 0.154. The molecule has 0 atom stereocenters. The summed E-state index contributed by atoms with van der Waals surface area (Å²) in [5.41, 5.74) is 1.86. The zero-order valence-electron chi connectivity index (χ0n) is 17.0. The Morgan fingerprint density at radius 3 is 2.54 bits per heavy atom. The van der Waals surface area contributed by atoms with Crippen LogP contribution in [0, 0.1) is 0 Å². The van der Waals surface area contributed by atoms with E-state index in [-0.39, 0.29) is 5.91 Å². The van der Waals surface area contributed by atoms with E-state index in [0.29, 0.717) is 17.8 Å². The van der Waals surface area contributed by atoms with Crippen LogP contribution in [0.4, 0.5) is 5.13 Å². The first-order valence-corrected chi connectivity index (χ1v) is 13.9. The molecule has 0 spiro atoms. The summed E-state index contributed by atoms with van der Waals surface area (Å²) in [6, 6.07) is 7.74. The highest BCUT2D eigenvalue weighted by Crippen LogP contribution is 2.26. The van der Waals surface area contributed by atoms with Crippen LogP contribution in [-0.2, 0) is 9.22 Å². The van der Waals surface area contributed by atoms with Crippen molar-refractivity contribution >= 4 is 30.7 Å². The van der Waals surface area contributed by atoms with Crippen LogP contribution in [0.2, 0.25) is 19.6 Å². The Kier molecular flexibility index (Phi) is 6.87. The molecule has 1 amide bonds. The number of aromatic nitrogens is 1. The third-order valence-corrected chi connectivity index (χ3v) is 6.36. The fraction of sp³-hybridized carbons (Fsp3) is 0.500. The Hall–Kier alpha value is -1.74. The van der Waals surface area contributed by atoms with Crippen molar-refractivity contribution < 1.29 is 14.0 Å². The third kappa shape index (κ3) is 6.13. The van der Waals surface area contributed by atoms with Crippen molar-refractivity contribution in [3.05, 3.63) is 29.6 Å². The van der Waals surface area contributed by atoms with Gasteiger partial charge in [0.1, 0.15) is 5.75 Å². The van der Waals surface area contributed by atoms with Gasteiger partial charge in [0.25, 0.3) is 0 Å². The number of hydrogen-bond donors (Lipinski definition) is 1. The summed E-state index contributed by atoms with van der Waals surface area (Å²) >= 11 is 1.44. The number of thiazole rings is 1. The Bertz CT molecular complexity index is 781. The van der Waals surface area contributed by atoms with Gasteiger partial charge >= 0.3 is 0 Å². The molecule has 2 aromatic rings. The Morgan fingerprint density at radius 1 is 1.25 bits per heavy atom. The van der Waals surface area contributed by atoms with E-state index in [4.69, 9.17) is 9.16 Å². The van der Waals surface area contributed by atoms with Gasteiger partial charge < -0.3 is 14.5 Å². The van der Waals surface area contributed by atoms with Gasteiger partial charge in [-0.1, -0.05) is 0 Å². The third-order valence-electron chi connectivity index (χ3n) is 4.56. The largest absolute Gasteiger partial charge is 0.497 e. The van der Waals surface area contributed by atoms with Crippen LogP contribution in [0.3, 0.4) is 0 Å². The Balaban J connectivity index is 1.47. The van der Waals surface area contributed by atoms with Gasteiger partial charge in [0.15, 0.2) is 13.4 Å². The molecular weight excluding hydrogens is 390 g/mol. The van der Waals surface area contributed by atoms with Crippen LogP contribution >= 0.6 is 11.3 Å². The number of piperidine rings is 1. The van der Waals surface area contributed by atoms with E-state index >= 15 is 0 Å². The smallest absolute Gasteiger partial charge is 0.240 e. The van der Waals surface area contributed by atoms with Crippen molar-refractivity contribution in [1.82, 2.24) is 9.88 Å². The first-order valence-electron chi connectivity index (χ1n) is 9.62. The van der Waals surface area contributed by atoms with Gasteiger partial charge in [0, 0.05) is 30.1 Å². The van der Waals surface area contributed by atoms with E-state index in [1.54, 1.807) is 7.11 Å². The van der Waals surface area contributed by atoms with Crippen LogP contribution < -0.4 is 10.1 Å². The zero-order chi connectivity index (χ0) is 20.1. The molecule has 1 aromatic carbocycles. The van der Waals surface area contributed by atoms with Crippen molar-refractivity contribution in [2.45, 2.75) is 38.6 Å². The number of rotatable bonds is 7. The molecule has 0 bridgehead atoms. The summed E-state index contributed by atoms with van der Waals surface area (Å²) in [4.78, 5) is 19.1. The number of carbonyl (C=O) groups is 1. The quantitative estimate of drug-likeness (QED) is 0.685. The molecule has 1 fully saturated rings. The lowest BCUT2D eigenvalue weighted by molar-refractivity contribution is -0.117. The van der Waals surface area contributed by atoms with Crippen LogP contribution in [-0.4, -0.2) is 57.0 Å². The predicted molar refractivity (Wildman–Crippen MR) is 117 cm³/mol. The summed E-state index contributed by atoms with van der Waals surface area (Å²) < 4.78 is 11.4. The van der Waals surface area contributed by atoms with Crippen LogP contribution in [0.5, 0.6) is 5.75 Å². The average molecular weight is 420 g/mol. The van der Waals surface area contributed by atoms with E-state index < -0.39 is 8.32 Å². The second-order valence-electron chi connectivity index (χ2n) is 8.02. The fourth-order valence-electron chi connectivity index (χ4n) is 3.27. The molecule has 6 nitrogen and oxygen atoms in total. The van der Waals surface area contributed by atoms with Crippen molar-refractivity contribution in [2.75, 3.05) is 32.1 Å². The lowest BCUT2D eigenvalue weighted by atomic mass is 10.1. The van der Waals surface area contributed by atoms with Gasteiger partial charge in [-0.2, -0.15) is 0 Å². The second-order valence-corrected chi connectivity index (χ2v) is 13.3. The van der Waals surface area contributed by atoms with Gasteiger partial charge in [-0.25, -0.2) is 4.98 Å². The number of ether oxygens (including phenoxy) is 1. The molecule has 8 heteroatoms. The van der Waals surface area contributed by atoms with E-state index in [0.717, 1.165) is 42.9 Å². The molecule has 152 valence electrons. The molecule has 3 rings (SSSR count). The van der Waals surface area contributed by atoms with Crippen LogP contribution in [0.25, 0.3) is 11.3 Å². The van der Waals surface area contributed by atoms with Gasteiger partial charge in [0.05, 0.1) is 19.3 Å². The normalized spacial score (nSPS) is 16.1. The number of anilines is 1. The number of likely N-dealkylation sites (tertiary alicyclic amines) is 1. The van der Waals surface area contributed by atoms with Crippen molar-refractivity contribution in [3.8, 4) is 17.0 Å². The molecule has 0 unspecified atom stereocenters. The highest BCUT2D eigenvalue weighted by molar-refractivity contribution is 7.14. The first kappa shape index (κ1) is 21.0. The summed E-state index contributed by atoms with van der Waals surface area (Å²) in [5, 5.41) is 5.52. The van der Waals surface area contributed by atoms with Crippen molar-refractivity contribution in [3.63, 3.8) is 0 Å². The second kappa shape index (κ2) is 9.17. The molecule has 1 N–H and O–H groups in total. The molecule has 1 saturated heterocycles. The summed E-state index contributed by atoms with van der Waals surface area (Å²) in [5.74, 6) is 0.798. The molecule has 0 radical (unpaired) electrons. The molecule has 0 saturated carbocycles. The number of methoxy groups -OCH3 is 1. The van der Waals surface area contributed by atoms with Crippen molar-refractivity contribution in [1.29, 1.82) is 0 Å².